The van der Waals surface area contributed by atoms with Gasteiger partial charge < -0.3 is 25.8 Å². The van der Waals surface area contributed by atoms with Gasteiger partial charge in [0.05, 0.1) is 5.41 Å². The molecule has 1 saturated carbocycles. The Kier molecular flexibility index (Phi) is 8.41. The van der Waals surface area contributed by atoms with E-state index in [1.165, 1.54) is 18.6 Å². The number of benzene rings is 1. The lowest BCUT2D eigenvalue weighted by atomic mass is 9.63. The number of piperidine rings is 1. The van der Waals surface area contributed by atoms with E-state index in [9.17, 15) is 18.8 Å². The van der Waals surface area contributed by atoms with Crippen molar-refractivity contribution in [2.24, 2.45) is 11.3 Å². The molecular weight excluding hydrogens is 509 g/mol. The van der Waals surface area contributed by atoms with Crippen LogP contribution in [-0.2, 0) is 16.0 Å². The summed E-state index contributed by atoms with van der Waals surface area (Å²) in [4.78, 5) is 44.7. The Balaban J connectivity index is 1.31. The van der Waals surface area contributed by atoms with Gasteiger partial charge in [0.25, 0.3) is 0 Å². The van der Waals surface area contributed by atoms with Crippen molar-refractivity contribution in [1.82, 2.24) is 25.8 Å². The Labute approximate surface area is 237 Å². The molecular formula is C31H46FN5O3. The molecule has 8 nitrogen and oxygen atoms in total. The predicted octanol–water partition coefficient (Wildman–Crippen LogP) is 3.60. The van der Waals surface area contributed by atoms with Gasteiger partial charge in [-0.05, 0) is 76.5 Å². The van der Waals surface area contributed by atoms with Crippen molar-refractivity contribution in [1.29, 1.82) is 0 Å². The molecule has 5 rings (SSSR count). The molecule has 0 aromatic heterocycles. The van der Waals surface area contributed by atoms with Gasteiger partial charge >= 0.3 is 6.03 Å². The van der Waals surface area contributed by atoms with E-state index in [0.717, 1.165) is 44.2 Å². The van der Waals surface area contributed by atoms with Crippen molar-refractivity contribution < 1.29 is 18.8 Å². The normalized spacial score (nSPS) is 25.5. The van der Waals surface area contributed by atoms with E-state index in [0.29, 0.717) is 50.9 Å². The maximum absolute atomic E-state index is 14.0. The lowest BCUT2D eigenvalue weighted by Crippen LogP contribution is -2.60. The molecule has 220 valence electrons. The lowest BCUT2D eigenvalue weighted by molar-refractivity contribution is -0.147. The minimum atomic E-state index is -0.754. The second kappa shape index (κ2) is 11.7. The van der Waals surface area contributed by atoms with Crippen molar-refractivity contribution >= 4 is 17.8 Å². The number of nitrogens with zero attached hydrogens (tertiary/aromatic N) is 2. The third-order valence-corrected chi connectivity index (χ3v) is 9.56. The van der Waals surface area contributed by atoms with Crippen LogP contribution in [0, 0.1) is 17.2 Å². The molecule has 1 aromatic carbocycles. The molecule has 3 unspecified atom stereocenters. The third kappa shape index (κ3) is 6.29. The van der Waals surface area contributed by atoms with Gasteiger partial charge in [0.1, 0.15) is 11.9 Å². The first-order valence-corrected chi connectivity index (χ1v) is 15.2. The van der Waals surface area contributed by atoms with Crippen molar-refractivity contribution in [3.63, 3.8) is 0 Å². The highest BCUT2D eigenvalue weighted by Crippen LogP contribution is 2.46. The zero-order valence-electron chi connectivity index (χ0n) is 24.3. The Morgan fingerprint density at radius 1 is 1.07 bits per heavy atom. The molecule has 3 saturated heterocycles. The summed E-state index contributed by atoms with van der Waals surface area (Å²) in [5.74, 6) is -0.0175. The summed E-state index contributed by atoms with van der Waals surface area (Å²) in [6.45, 7) is 8.45. The number of likely N-dealkylation sites (tertiary alicyclic amines) is 2. The first-order chi connectivity index (χ1) is 19.0. The minimum absolute atomic E-state index is 0.118. The fourth-order valence-corrected chi connectivity index (χ4v) is 7.39. The monoisotopic (exact) mass is 555 g/mol. The number of piperazine rings is 1. The highest BCUT2D eigenvalue weighted by molar-refractivity contribution is 5.88. The van der Waals surface area contributed by atoms with E-state index in [-0.39, 0.29) is 35.2 Å². The maximum atomic E-state index is 14.0. The molecule has 0 spiro atoms. The lowest BCUT2D eigenvalue weighted by Gasteiger charge is -2.48. The third-order valence-electron chi connectivity index (χ3n) is 9.56. The standard InChI is InChI=1S/C31H46FN5O3/c1-30(2,3)35-28(39)31(22-7-5-4-6-8-22)13-15-36(16-14-31)27(38)26(17-21-9-11-23(32)12-10-21)34-29(40)37-20-24-18-25(37)19-33-24/h9-12,22,24-26,33H,4-8,13-20H2,1-3H3,(H,34,40)(H,35,39). The van der Waals surface area contributed by atoms with Crippen LogP contribution in [0.15, 0.2) is 24.3 Å². The number of carbonyl (C=O) groups excluding carboxylic acids is 3. The van der Waals surface area contributed by atoms with Gasteiger partial charge in [-0.1, -0.05) is 31.4 Å². The van der Waals surface area contributed by atoms with Gasteiger partial charge in [0.15, 0.2) is 0 Å². The van der Waals surface area contributed by atoms with Crippen LogP contribution in [0.4, 0.5) is 9.18 Å². The number of urea groups is 1. The first-order valence-electron chi connectivity index (χ1n) is 15.2. The minimum Gasteiger partial charge on any atom is -0.351 e. The molecule has 3 heterocycles. The zero-order valence-corrected chi connectivity index (χ0v) is 24.3. The second-order valence-corrected chi connectivity index (χ2v) is 13.5. The van der Waals surface area contributed by atoms with E-state index in [1.54, 1.807) is 12.1 Å². The molecule has 40 heavy (non-hydrogen) atoms. The molecule has 1 aliphatic carbocycles. The number of carbonyl (C=O) groups is 3. The van der Waals surface area contributed by atoms with Crippen LogP contribution in [0.25, 0.3) is 0 Å². The topological polar surface area (TPSA) is 93.8 Å². The van der Waals surface area contributed by atoms with Gasteiger partial charge in [0.2, 0.25) is 11.8 Å². The predicted molar refractivity (Wildman–Crippen MR) is 152 cm³/mol. The van der Waals surface area contributed by atoms with Crippen molar-refractivity contribution in [2.45, 2.75) is 102 Å². The quantitative estimate of drug-likeness (QED) is 0.500. The molecule has 4 amide bonds. The summed E-state index contributed by atoms with van der Waals surface area (Å²) in [7, 11) is 0. The highest BCUT2D eigenvalue weighted by Gasteiger charge is 2.49. The van der Waals surface area contributed by atoms with E-state index in [2.05, 4.69) is 16.0 Å². The average molecular weight is 556 g/mol. The van der Waals surface area contributed by atoms with Crippen LogP contribution in [-0.4, -0.2) is 77.5 Å². The Morgan fingerprint density at radius 3 is 2.33 bits per heavy atom. The largest absolute Gasteiger partial charge is 0.351 e. The van der Waals surface area contributed by atoms with Crippen LogP contribution in [0.1, 0.15) is 77.7 Å². The maximum Gasteiger partial charge on any atom is 0.318 e. The molecule has 3 atom stereocenters. The average Bonchev–Trinajstić information content (AvgIpc) is 3.57. The van der Waals surface area contributed by atoms with E-state index >= 15 is 0 Å². The molecule has 3 N–H and O–H groups in total. The molecule has 2 bridgehead atoms. The van der Waals surface area contributed by atoms with Gasteiger partial charge in [-0.2, -0.15) is 0 Å². The molecule has 4 fully saturated rings. The zero-order chi connectivity index (χ0) is 28.5. The fourth-order valence-electron chi connectivity index (χ4n) is 7.39. The fraction of sp³-hybridized carbons (Fsp3) is 0.710. The second-order valence-electron chi connectivity index (χ2n) is 13.5. The van der Waals surface area contributed by atoms with Crippen LogP contribution in [0.5, 0.6) is 0 Å². The smallest absolute Gasteiger partial charge is 0.318 e. The summed E-state index contributed by atoms with van der Waals surface area (Å²) in [5.41, 5.74) is 0.00529. The Bertz CT molecular complexity index is 1070. The summed E-state index contributed by atoms with van der Waals surface area (Å²) in [6, 6.07) is 5.61. The van der Waals surface area contributed by atoms with Crippen LogP contribution < -0.4 is 16.0 Å². The van der Waals surface area contributed by atoms with Gasteiger partial charge in [0, 0.05) is 50.2 Å². The van der Waals surface area contributed by atoms with Gasteiger partial charge in [-0.3, -0.25) is 9.59 Å². The number of amides is 4. The number of hydrogen-bond acceptors (Lipinski definition) is 4. The van der Waals surface area contributed by atoms with Gasteiger partial charge in [-0.15, -0.1) is 0 Å². The molecule has 1 aromatic rings. The summed E-state index contributed by atoms with van der Waals surface area (Å²) < 4.78 is 13.6. The molecule has 9 heteroatoms. The summed E-state index contributed by atoms with van der Waals surface area (Å²) in [6.07, 6.45) is 8.12. The van der Waals surface area contributed by atoms with Crippen LogP contribution >= 0.6 is 0 Å². The Morgan fingerprint density at radius 2 is 1.75 bits per heavy atom. The Hall–Kier alpha value is -2.68. The van der Waals surface area contributed by atoms with Gasteiger partial charge in [-0.25, -0.2) is 9.18 Å². The highest BCUT2D eigenvalue weighted by atomic mass is 19.1. The number of hydrogen-bond donors (Lipinski definition) is 3. The molecule has 0 radical (unpaired) electrons. The number of halogens is 1. The SMILES string of the molecule is CC(C)(C)NC(=O)C1(C2CCCCC2)CCN(C(=O)C(Cc2ccc(F)cc2)NC(=O)N2CC3CC2CN3)CC1. The number of rotatable bonds is 6. The van der Waals surface area contributed by atoms with E-state index in [1.807, 2.05) is 30.6 Å². The number of fused-ring (bicyclic) bond motifs is 2. The van der Waals surface area contributed by atoms with E-state index < -0.39 is 11.5 Å². The number of nitrogens with one attached hydrogen (secondary N) is 3. The first kappa shape index (κ1) is 28.8. The molecule has 4 aliphatic rings. The molecule has 3 aliphatic heterocycles. The van der Waals surface area contributed by atoms with Crippen molar-refractivity contribution in [3.8, 4) is 0 Å². The van der Waals surface area contributed by atoms with Crippen molar-refractivity contribution in [3.05, 3.63) is 35.6 Å². The van der Waals surface area contributed by atoms with Crippen LogP contribution in [0.2, 0.25) is 0 Å². The summed E-state index contributed by atoms with van der Waals surface area (Å²) in [5, 5.41) is 9.70. The van der Waals surface area contributed by atoms with Crippen molar-refractivity contribution in [2.75, 3.05) is 26.2 Å². The summed E-state index contributed by atoms with van der Waals surface area (Å²) >= 11 is 0. The van der Waals surface area contributed by atoms with E-state index in [4.69, 9.17) is 0 Å². The van der Waals surface area contributed by atoms with Crippen LogP contribution in [0.3, 0.4) is 0 Å².